The molecule has 1 heterocycles. The molecular formula is C22H40O5. The summed E-state index contributed by atoms with van der Waals surface area (Å²) in [4.78, 5) is 22.0. The third-order valence-corrected chi connectivity index (χ3v) is 5.11. The average molecular weight is 385 g/mol. The Morgan fingerprint density at radius 3 is 2.15 bits per heavy atom. The molecule has 5 heteroatoms. The van der Waals surface area contributed by atoms with Gasteiger partial charge in [0.25, 0.3) is 0 Å². The van der Waals surface area contributed by atoms with Gasteiger partial charge in [0.1, 0.15) is 6.10 Å². The van der Waals surface area contributed by atoms with Crippen molar-refractivity contribution in [3.63, 3.8) is 0 Å². The fraction of sp³-hybridized carbons (Fsp3) is 0.909. The number of unbranched alkanes of at least 4 members (excludes halogenated alkanes) is 7. The zero-order valence-electron chi connectivity index (χ0n) is 17.7. The average Bonchev–Trinajstić information content (AvgIpc) is 3.36. The Hall–Kier alpha value is -1.10. The van der Waals surface area contributed by atoms with Crippen LogP contribution in [0.4, 0.5) is 0 Å². The minimum absolute atomic E-state index is 0.0342. The summed E-state index contributed by atoms with van der Waals surface area (Å²) in [5.41, 5.74) is 0. The van der Waals surface area contributed by atoms with Crippen molar-refractivity contribution in [3.8, 4) is 0 Å². The number of hydrogen-bond acceptors (Lipinski definition) is 5. The molecule has 0 aromatic carbocycles. The van der Waals surface area contributed by atoms with E-state index >= 15 is 0 Å². The maximum absolute atomic E-state index is 11.3. The first-order chi connectivity index (χ1) is 13.0. The topological polar surface area (TPSA) is 65.1 Å². The molecule has 0 aromatic rings. The lowest BCUT2D eigenvalue weighted by molar-refractivity contribution is -0.147. The van der Waals surface area contributed by atoms with Gasteiger partial charge in [-0.15, -0.1) is 0 Å². The lowest BCUT2D eigenvalue weighted by atomic mass is 10.0. The highest BCUT2D eigenvalue weighted by Gasteiger charge is 2.37. The number of esters is 2. The van der Waals surface area contributed by atoms with Crippen LogP contribution in [-0.2, 0) is 23.8 Å². The van der Waals surface area contributed by atoms with Crippen LogP contribution in [-0.4, -0.2) is 36.9 Å². The van der Waals surface area contributed by atoms with Gasteiger partial charge in [0.05, 0.1) is 18.8 Å². The van der Waals surface area contributed by atoms with Gasteiger partial charge in [-0.05, 0) is 38.5 Å². The Kier molecular flexibility index (Phi) is 13.2. The van der Waals surface area contributed by atoms with Gasteiger partial charge in [0.2, 0.25) is 0 Å². The SMILES string of the molecule is CCCCCC1OC1CCC(CCCCCCCCOC(C)=O)OC(C)=O. The van der Waals surface area contributed by atoms with E-state index in [1.807, 2.05) is 0 Å². The highest BCUT2D eigenvalue weighted by Crippen LogP contribution is 2.32. The first kappa shape index (κ1) is 23.9. The van der Waals surface area contributed by atoms with Crippen LogP contribution in [0.25, 0.3) is 0 Å². The summed E-state index contributed by atoms with van der Waals surface area (Å²) in [7, 11) is 0. The van der Waals surface area contributed by atoms with Gasteiger partial charge in [-0.3, -0.25) is 9.59 Å². The molecule has 0 amide bonds. The van der Waals surface area contributed by atoms with Crippen molar-refractivity contribution in [1.82, 2.24) is 0 Å². The van der Waals surface area contributed by atoms with E-state index in [0.29, 0.717) is 18.8 Å². The van der Waals surface area contributed by atoms with Crippen LogP contribution in [0, 0.1) is 0 Å². The molecule has 3 unspecified atom stereocenters. The van der Waals surface area contributed by atoms with Crippen LogP contribution < -0.4 is 0 Å². The quantitative estimate of drug-likeness (QED) is 0.192. The van der Waals surface area contributed by atoms with Crippen LogP contribution in [0.1, 0.15) is 104 Å². The smallest absolute Gasteiger partial charge is 0.302 e. The Morgan fingerprint density at radius 2 is 1.48 bits per heavy atom. The fourth-order valence-corrected chi connectivity index (χ4v) is 3.53. The monoisotopic (exact) mass is 384 g/mol. The van der Waals surface area contributed by atoms with E-state index < -0.39 is 0 Å². The number of hydrogen-bond donors (Lipinski definition) is 0. The van der Waals surface area contributed by atoms with Crippen molar-refractivity contribution in [2.45, 2.75) is 123 Å². The van der Waals surface area contributed by atoms with Gasteiger partial charge < -0.3 is 14.2 Å². The predicted molar refractivity (Wildman–Crippen MR) is 107 cm³/mol. The van der Waals surface area contributed by atoms with Gasteiger partial charge in [-0.25, -0.2) is 0 Å². The van der Waals surface area contributed by atoms with Crippen molar-refractivity contribution in [3.05, 3.63) is 0 Å². The summed E-state index contributed by atoms with van der Waals surface area (Å²) in [5.74, 6) is -0.378. The summed E-state index contributed by atoms with van der Waals surface area (Å²) >= 11 is 0. The molecule has 0 aliphatic carbocycles. The van der Waals surface area contributed by atoms with E-state index in [-0.39, 0.29) is 18.0 Å². The van der Waals surface area contributed by atoms with E-state index in [1.54, 1.807) is 0 Å². The Morgan fingerprint density at radius 1 is 0.815 bits per heavy atom. The molecule has 1 rings (SSSR count). The van der Waals surface area contributed by atoms with E-state index in [2.05, 4.69) is 6.92 Å². The maximum Gasteiger partial charge on any atom is 0.302 e. The lowest BCUT2D eigenvalue weighted by Gasteiger charge is -2.16. The van der Waals surface area contributed by atoms with Gasteiger partial charge in [-0.2, -0.15) is 0 Å². The molecule has 0 N–H and O–H groups in total. The van der Waals surface area contributed by atoms with Crippen molar-refractivity contribution in [2.24, 2.45) is 0 Å². The van der Waals surface area contributed by atoms with Gasteiger partial charge in [0, 0.05) is 13.8 Å². The number of carbonyl (C=O) groups excluding carboxylic acids is 2. The second-order valence-electron chi connectivity index (χ2n) is 7.77. The Balaban J connectivity index is 2.04. The molecule has 1 aliphatic rings. The molecule has 27 heavy (non-hydrogen) atoms. The molecule has 0 spiro atoms. The molecule has 0 saturated carbocycles. The summed E-state index contributed by atoms with van der Waals surface area (Å²) in [6.07, 6.45) is 15.3. The lowest BCUT2D eigenvalue weighted by Crippen LogP contribution is -2.17. The predicted octanol–water partition coefficient (Wildman–Crippen LogP) is 5.34. The first-order valence-electron chi connectivity index (χ1n) is 11.0. The molecule has 0 bridgehead atoms. The third-order valence-electron chi connectivity index (χ3n) is 5.11. The highest BCUT2D eigenvalue weighted by atomic mass is 16.6. The largest absolute Gasteiger partial charge is 0.466 e. The molecule has 5 nitrogen and oxygen atoms in total. The normalized spacial score (nSPS) is 19.5. The zero-order valence-corrected chi connectivity index (χ0v) is 17.7. The number of rotatable bonds is 17. The van der Waals surface area contributed by atoms with Crippen LogP contribution in [0.15, 0.2) is 0 Å². The minimum atomic E-state index is -0.199. The van der Waals surface area contributed by atoms with Crippen LogP contribution >= 0.6 is 0 Å². The Bertz CT molecular complexity index is 410. The second kappa shape index (κ2) is 14.9. The molecule has 1 saturated heterocycles. The van der Waals surface area contributed by atoms with Crippen molar-refractivity contribution < 1.29 is 23.8 Å². The van der Waals surface area contributed by atoms with Crippen molar-refractivity contribution in [1.29, 1.82) is 0 Å². The standard InChI is InChI=1S/C22H40O5/c1-4-5-10-14-21-22(27-21)16-15-20(26-19(3)24)13-11-8-6-7-9-12-17-25-18(2)23/h20-22H,4-17H2,1-3H3. The van der Waals surface area contributed by atoms with E-state index in [9.17, 15) is 9.59 Å². The summed E-state index contributed by atoms with van der Waals surface area (Å²) in [6.45, 7) is 5.70. The maximum atomic E-state index is 11.3. The van der Waals surface area contributed by atoms with Gasteiger partial charge >= 0.3 is 11.9 Å². The zero-order chi connectivity index (χ0) is 19.9. The summed E-state index contributed by atoms with van der Waals surface area (Å²) < 4.78 is 16.2. The fourth-order valence-electron chi connectivity index (χ4n) is 3.53. The molecule has 0 radical (unpaired) electrons. The molecule has 158 valence electrons. The molecule has 0 aromatic heterocycles. The summed E-state index contributed by atoms with van der Waals surface area (Å²) in [5, 5.41) is 0. The van der Waals surface area contributed by atoms with E-state index in [0.717, 1.165) is 51.4 Å². The van der Waals surface area contributed by atoms with Gasteiger partial charge in [-0.1, -0.05) is 51.9 Å². The molecule has 1 aliphatic heterocycles. The third kappa shape index (κ3) is 13.7. The minimum Gasteiger partial charge on any atom is -0.466 e. The van der Waals surface area contributed by atoms with E-state index in [4.69, 9.17) is 14.2 Å². The second-order valence-corrected chi connectivity index (χ2v) is 7.77. The molecule has 3 atom stereocenters. The molecular weight excluding hydrogens is 344 g/mol. The number of ether oxygens (including phenoxy) is 3. The van der Waals surface area contributed by atoms with E-state index in [1.165, 1.54) is 46.0 Å². The van der Waals surface area contributed by atoms with Gasteiger partial charge in [0.15, 0.2) is 0 Å². The van der Waals surface area contributed by atoms with Crippen LogP contribution in [0.5, 0.6) is 0 Å². The Labute approximate surface area is 165 Å². The summed E-state index contributed by atoms with van der Waals surface area (Å²) in [6, 6.07) is 0. The highest BCUT2D eigenvalue weighted by molar-refractivity contribution is 5.66. The van der Waals surface area contributed by atoms with Crippen LogP contribution in [0.3, 0.4) is 0 Å². The molecule has 1 fully saturated rings. The van der Waals surface area contributed by atoms with Crippen LogP contribution in [0.2, 0.25) is 0 Å². The first-order valence-corrected chi connectivity index (χ1v) is 11.0. The number of carbonyl (C=O) groups is 2. The van der Waals surface area contributed by atoms with Crippen molar-refractivity contribution >= 4 is 11.9 Å². The van der Waals surface area contributed by atoms with Crippen molar-refractivity contribution in [2.75, 3.05) is 6.61 Å². The number of epoxide rings is 1.